The number of nitrogens with one attached hydrogen (secondary N) is 2. The van der Waals surface area contributed by atoms with Crippen LogP contribution >= 0.6 is 11.3 Å². The van der Waals surface area contributed by atoms with Crippen LogP contribution in [-0.2, 0) is 20.0 Å². The van der Waals surface area contributed by atoms with Crippen LogP contribution in [0.15, 0.2) is 6.20 Å². The molecule has 22 heavy (non-hydrogen) atoms. The van der Waals surface area contributed by atoms with Crippen molar-refractivity contribution in [3.63, 3.8) is 0 Å². The number of carbonyl (C=O) groups excluding carboxylic acids is 1. The number of amides is 1. The molecule has 1 aliphatic rings. The third-order valence-electron chi connectivity index (χ3n) is 4.00. The van der Waals surface area contributed by atoms with Gasteiger partial charge in [-0.2, -0.15) is 0 Å². The van der Waals surface area contributed by atoms with E-state index in [1.54, 1.807) is 6.20 Å². The van der Waals surface area contributed by atoms with E-state index < -0.39 is 20.5 Å². The monoisotopic (exact) mass is 345 g/mol. The van der Waals surface area contributed by atoms with Gasteiger partial charge in [0.15, 0.2) is 19.7 Å². The Balaban J connectivity index is 2.24. The van der Waals surface area contributed by atoms with E-state index in [9.17, 15) is 13.2 Å². The zero-order chi connectivity index (χ0) is 16.6. The van der Waals surface area contributed by atoms with E-state index >= 15 is 0 Å². The average Bonchev–Trinajstić information content (AvgIpc) is 2.86. The Kier molecular flexibility index (Phi) is 4.66. The summed E-state index contributed by atoms with van der Waals surface area (Å²) in [5.41, 5.74) is -0.0517. The van der Waals surface area contributed by atoms with Crippen molar-refractivity contribution < 1.29 is 13.2 Å². The highest BCUT2D eigenvalue weighted by molar-refractivity contribution is 7.92. The Hall–Kier alpha value is -0.990. The maximum absolute atomic E-state index is 12.6. The number of hydrogen-bond acceptors (Lipinski definition) is 6. The third kappa shape index (κ3) is 3.33. The zero-order valence-corrected chi connectivity index (χ0v) is 15.0. The first-order valence-corrected chi connectivity index (χ1v) is 9.95. The third-order valence-corrected chi connectivity index (χ3v) is 7.35. The minimum Gasteiger partial charge on any atom is -0.317 e. The smallest absolute Gasteiger partial charge is 0.247 e. The van der Waals surface area contributed by atoms with Gasteiger partial charge in [0.2, 0.25) is 5.91 Å². The number of aromatic nitrogens is 1. The molecule has 124 valence electrons. The van der Waals surface area contributed by atoms with Crippen LogP contribution in [0.4, 0.5) is 5.13 Å². The first-order valence-electron chi connectivity index (χ1n) is 7.24. The van der Waals surface area contributed by atoms with Crippen LogP contribution in [0.25, 0.3) is 0 Å². The molecule has 0 atom stereocenters. The van der Waals surface area contributed by atoms with Gasteiger partial charge in [-0.3, -0.25) is 4.79 Å². The highest BCUT2D eigenvalue weighted by Crippen LogP contribution is 2.33. The van der Waals surface area contributed by atoms with Crippen LogP contribution in [0.3, 0.4) is 0 Å². The Morgan fingerprint density at radius 2 is 1.95 bits per heavy atom. The first-order chi connectivity index (χ1) is 10.1. The minimum absolute atomic E-state index is 0.0517. The van der Waals surface area contributed by atoms with Gasteiger partial charge in [-0.15, -0.1) is 11.3 Å². The van der Waals surface area contributed by atoms with E-state index in [0.717, 1.165) is 11.1 Å². The number of hydrogen-bond donors (Lipinski definition) is 2. The fraction of sp³-hybridized carbons (Fsp3) is 0.714. The summed E-state index contributed by atoms with van der Waals surface area (Å²) < 4.78 is 23.0. The number of thiazole rings is 1. The van der Waals surface area contributed by atoms with Crippen molar-refractivity contribution >= 4 is 32.2 Å². The Morgan fingerprint density at radius 1 is 1.36 bits per heavy atom. The second-order valence-electron chi connectivity index (χ2n) is 6.75. The molecule has 0 unspecified atom stereocenters. The molecule has 0 saturated carbocycles. The number of piperidine rings is 1. The topological polar surface area (TPSA) is 88.2 Å². The summed E-state index contributed by atoms with van der Waals surface area (Å²) in [6.07, 6.45) is 3.44. The van der Waals surface area contributed by atoms with Gasteiger partial charge >= 0.3 is 0 Å². The summed E-state index contributed by atoms with van der Waals surface area (Å²) in [4.78, 5) is 17.9. The lowest BCUT2D eigenvalue weighted by molar-refractivity contribution is -0.119. The minimum atomic E-state index is -3.50. The Morgan fingerprint density at radius 3 is 2.41 bits per heavy atom. The molecule has 0 aromatic carbocycles. The summed E-state index contributed by atoms with van der Waals surface area (Å²) in [7, 11) is -3.50. The summed E-state index contributed by atoms with van der Waals surface area (Å²) in [6.45, 7) is 7.24. The van der Waals surface area contributed by atoms with Crippen LogP contribution in [0.2, 0.25) is 0 Å². The molecule has 1 aromatic rings. The largest absolute Gasteiger partial charge is 0.317 e. The number of nitrogens with zero attached hydrogens (tertiary/aromatic N) is 1. The van der Waals surface area contributed by atoms with Crippen molar-refractivity contribution in [3.8, 4) is 0 Å². The molecule has 0 bridgehead atoms. The number of anilines is 1. The first kappa shape index (κ1) is 17.4. The predicted molar refractivity (Wildman–Crippen MR) is 89.1 cm³/mol. The van der Waals surface area contributed by atoms with Gasteiger partial charge in [-0.1, -0.05) is 20.8 Å². The van der Waals surface area contributed by atoms with Gasteiger partial charge in [0.25, 0.3) is 0 Å². The highest BCUT2D eigenvalue weighted by atomic mass is 32.2. The highest BCUT2D eigenvalue weighted by Gasteiger charge is 2.48. The van der Waals surface area contributed by atoms with E-state index in [4.69, 9.17) is 0 Å². The Bertz CT molecular complexity index is 653. The van der Waals surface area contributed by atoms with Crippen molar-refractivity contribution in [2.45, 2.75) is 43.8 Å². The van der Waals surface area contributed by atoms with Crippen LogP contribution in [-0.4, -0.2) is 43.4 Å². The second kappa shape index (κ2) is 5.90. The number of carbonyl (C=O) groups is 1. The van der Waals surface area contributed by atoms with Gasteiger partial charge in [-0.25, -0.2) is 13.4 Å². The molecule has 1 amide bonds. The molecule has 6 nitrogen and oxygen atoms in total. The van der Waals surface area contributed by atoms with E-state index in [2.05, 4.69) is 36.4 Å². The molecule has 1 fully saturated rings. The fourth-order valence-corrected chi connectivity index (χ4v) is 4.69. The second-order valence-corrected chi connectivity index (χ2v) is 10.1. The zero-order valence-electron chi connectivity index (χ0n) is 13.4. The molecule has 1 saturated heterocycles. The van der Waals surface area contributed by atoms with Crippen LogP contribution in [0, 0.1) is 0 Å². The molecular formula is C14H23N3O3S2. The van der Waals surface area contributed by atoms with Crippen molar-refractivity contribution in [1.29, 1.82) is 0 Å². The van der Waals surface area contributed by atoms with Gasteiger partial charge < -0.3 is 10.6 Å². The van der Waals surface area contributed by atoms with E-state index in [-0.39, 0.29) is 18.3 Å². The normalized spacial score (nSPS) is 18.9. The van der Waals surface area contributed by atoms with Gasteiger partial charge in [-0.05, 0) is 31.3 Å². The average molecular weight is 345 g/mol. The van der Waals surface area contributed by atoms with Crippen LogP contribution in [0.5, 0.6) is 0 Å². The Labute approximate surface area is 135 Å². The van der Waals surface area contributed by atoms with Gasteiger partial charge in [0.1, 0.15) is 0 Å². The molecular weight excluding hydrogens is 322 g/mol. The van der Waals surface area contributed by atoms with Gasteiger partial charge in [0, 0.05) is 17.3 Å². The van der Waals surface area contributed by atoms with Crippen molar-refractivity contribution in [2.75, 3.05) is 24.7 Å². The van der Waals surface area contributed by atoms with Crippen LogP contribution < -0.4 is 10.6 Å². The maximum Gasteiger partial charge on any atom is 0.247 e. The lowest BCUT2D eigenvalue weighted by atomic mass is 9.96. The van der Waals surface area contributed by atoms with Crippen molar-refractivity contribution in [2.24, 2.45) is 0 Å². The molecule has 0 radical (unpaired) electrons. The quantitative estimate of drug-likeness (QED) is 0.868. The predicted octanol–water partition coefficient (Wildman–Crippen LogP) is 1.55. The molecule has 2 heterocycles. The van der Waals surface area contributed by atoms with Crippen molar-refractivity contribution in [3.05, 3.63) is 11.1 Å². The van der Waals surface area contributed by atoms with E-state index in [1.165, 1.54) is 11.3 Å². The van der Waals surface area contributed by atoms with E-state index in [1.807, 2.05) is 0 Å². The molecule has 1 aliphatic heterocycles. The summed E-state index contributed by atoms with van der Waals surface area (Å²) in [5, 5.41) is 6.26. The summed E-state index contributed by atoms with van der Waals surface area (Å²) in [5.74, 6) is -0.466. The molecule has 8 heteroatoms. The number of rotatable bonds is 3. The number of sulfone groups is 1. The lowest BCUT2D eigenvalue weighted by Gasteiger charge is -2.33. The summed E-state index contributed by atoms with van der Waals surface area (Å²) in [6, 6.07) is 0. The maximum atomic E-state index is 12.6. The van der Waals surface area contributed by atoms with Crippen molar-refractivity contribution in [1.82, 2.24) is 10.3 Å². The molecule has 0 aliphatic carbocycles. The summed E-state index contributed by atoms with van der Waals surface area (Å²) >= 11 is 1.39. The van der Waals surface area contributed by atoms with E-state index in [0.29, 0.717) is 18.2 Å². The van der Waals surface area contributed by atoms with Crippen LogP contribution in [0.1, 0.15) is 38.5 Å². The van der Waals surface area contributed by atoms with Gasteiger partial charge in [0.05, 0.1) is 0 Å². The molecule has 2 rings (SSSR count). The molecule has 2 N–H and O–H groups in total. The lowest BCUT2D eigenvalue weighted by Crippen LogP contribution is -2.55. The SMILES string of the molecule is CC(C)(C)c1cnc(NC(=O)C2(S(C)(=O)=O)CCNCC2)s1. The fourth-order valence-electron chi connectivity index (χ4n) is 2.49. The molecule has 1 aromatic heterocycles. The standard InChI is InChI=1S/C14H23N3O3S2/c1-13(2,3)10-9-16-12(21-10)17-11(18)14(22(4,19)20)5-7-15-8-6-14/h9,15H,5-8H2,1-4H3,(H,16,17,18). The molecule has 0 spiro atoms.